The van der Waals surface area contributed by atoms with Crippen LogP contribution < -0.4 is 9.46 Å². The van der Waals surface area contributed by atoms with E-state index in [9.17, 15) is 22.7 Å². The summed E-state index contributed by atoms with van der Waals surface area (Å²) in [6.07, 6.45) is 0.363. The van der Waals surface area contributed by atoms with Gasteiger partial charge in [-0.3, -0.25) is 4.79 Å². The van der Waals surface area contributed by atoms with Gasteiger partial charge < -0.3 is 19.6 Å². The highest BCUT2D eigenvalue weighted by Crippen LogP contribution is 2.36. The number of piperidine rings is 1. The predicted octanol–water partition coefficient (Wildman–Crippen LogP) is 2.84. The molecule has 10 heteroatoms. The quantitative estimate of drug-likeness (QED) is 0.616. The standard InChI is InChI=1S/C27H36FN3O5S/c1-19(2)20-7-8-25-24(14-20)36-18-27(17-30(3)16-23(32)15-29-37(25,34)35)9-11-31(12-10-27)26(33)21-5-4-6-22(28)13-21/h4-8,13-14,19,23,29,32H,9-12,15-18H2,1-3H3. The van der Waals surface area contributed by atoms with E-state index >= 15 is 0 Å². The SMILES string of the molecule is CC(C)c1ccc2c(c1)OCC1(CCN(C(=O)c3cccc(F)c3)CC1)CN(C)CC(O)CNS2(=O)=O. The third kappa shape index (κ3) is 6.49. The summed E-state index contributed by atoms with van der Waals surface area (Å²) in [5.74, 6) is -0.189. The number of β-amino-alcohol motifs (C(OH)–C–C–N with tert-alkyl or cyclic N) is 1. The number of carbonyl (C=O) groups is 1. The summed E-state index contributed by atoms with van der Waals surface area (Å²) in [7, 11) is -2.01. The molecular formula is C27H36FN3O5S. The van der Waals surface area contributed by atoms with Crippen molar-refractivity contribution in [3.8, 4) is 5.75 Å². The molecule has 202 valence electrons. The molecule has 1 spiro atoms. The largest absolute Gasteiger partial charge is 0.492 e. The molecule has 1 fully saturated rings. The van der Waals surface area contributed by atoms with Crippen LogP contribution in [0.1, 0.15) is 48.5 Å². The van der Waals surface area contributed by atoms with Crippen molar-refractivity contribution in [2.24, 2.45) is 5.41 Å². The van der Waals surface area contributed by atoms with Gasteiger partial charge in [0.25, 0.3) is 5.91 Å². The fourth-order valence-corrected chi connectivity index (χ4v) is 6.33. The van der Waals surface area contributed by atoms with E-state index in [0.29, 0.717) is 38.0 Å². The van der Waals surface area contributed by atoms with Crippen molar-refractivity contribution >= 4 is 15.9 Å². The number of aliphatic hydroxyl groups excluding tert-OH is 1. The molecule has 2 N–H and O–H groups in total. The van der Waals surface area contributed by atoms with Crippen LogP contribution in [0.3, 0.4) is 0 Å². The zero-order chi connectivity index (χ0) is 26.8. The van der Waals surface area contributed by atoms with E-state index in [1.54, 1.807) is 29.2 Å². The first kappa shape index (κ1) is 27.5. The summed E-state index contributed by atoms with van der Waals surface area (Å²) >= 11 is 0. The normalized spacial score (nSPS) is 22.5. The highest BCUT2D eigenvalue weighted by molar-refractivity contribution is 7.89. The molecule has 8 nitrogen and oxygen atoms in total. The van der Waals surface area contributed by atoms with E-state index in [2.05, 4.69) is 4.72 Å². The zero-order valence-corrected chi connectivity index (χ0v) is 22.4. The van der Waals surface area contributed by atoms with Crippen molar-refractivity contribution in [2.45, 2.75) is 43.6 Å². The Labute approximate surface area is 218 Å². The average Bonchev–Trinajstić information content (AvgIpc) is 2.85. The smallest absolute Gasteiger partial charge is 0.253 e. The Kier molecular flexibility index (Phi) is 8.23. The van der Waals surface area contributed by atoms with Gasteiger partial charge in [0.15, 0.2) is 0 Å². The number of aliphatic hydroxyl groups is 1. The Morgan fingerprint density at radius 1 is 1.19 bits per heavy atom. The van der Waals surface area contributed by atoms with Crippen LogP contribution in [0.2, 0.25) is 0 Å². The number of nitrogens with zero attached hydrogens (tertiary/aromatic N) is 2. The molecule has 1 atom stereocenters. The van der Waals surface area contributed by atoms with Crippen LogP contribution in [-0.2, 0) is 10.0 Å². The van der Waals surface area contributed by atoms with E-state index in [4.69, 9.17) is 4.74 Å². The summed E-state index contributed by atoms with van der Waals surface area (Å²) in [5, 5.41) is 10.5. The highest BCUT2D eigenvalue weighted by Gasteiger charge is 2.39. The number of rotatable bonds is 2. The number of halogens is 1. The Bertz CT molecular complexity index is 1230. The molecule has 2 aromatic carbocycles. The van der Waals surface area contributed by atoms with Gasteiger partial charge in [0.2, 0.25) is 10.0 Å². The van der Waals surface area contributed by atoms with E-state index in [-0.39, 0.29) is 47.6 Å². The molecule has 0 bridgehead atoms. The number of hydrogen-bond acceptors (Lipinski definition) is 6. The van der Waals surface area contributed by atoms with Gasteiger partial charge in [-0.05, 0) is 61.7 Å². The topological polar surface area (TPSA) is 99.2 Å². The number of benzene rings is 2. The number of fused-ring (bicyclic) bond motifs is 1. The van der Waals surface area contributed by atoms with Gasteiger partial charge in [-0.1, -0.05) is 26.0 Å². The molecule has 2 aliphatic rings. The van der Waals surface area contributed by atoms with Crippen molar-refractivity contribution in [3.05, 3.63) is 59.4 Å². The molecule has 2 aliphatic heterocycles. The van der Waals surface area contributed by atoms with Gasteiger partial charge in [0.05, 0.1) is 12.7 Å². The molecule has 1 saturated heterocycles. The third-order valence-electron chi connectivity index (χ3n) is 7.28. The van der Waals surface area contributed by atoms with Crippen LogP contribution in [0, 0.1) is 11.2 Å². The lowest BCUT2D eigenvalue weighted by Gasteiger charge is -2.44. The number of likely N-dealkylation sites (tertiary alicyclic amines) is 1. The minimum Gasteiger partial charge on any atom is -0.492 e. The van der Waals surface area contributed by atoms with Crippen LogP contribution in [0.15, 0.2) is 47.4 Å². The molecule has 1 unspecified atom stereocenters. The number of nitrogens with one attached hydrogen (secondary N) is 1. The van der Waals surface area contributed by atoms with Crippen molar-refractivity contribution in [1.82, 2.24) is 14.5 Å². The van der Waals surface area contributed by atoms with Gasteiger partial charge >= 0.3 is 0 Å². The first-order valence-corrected chi connectivity index (χ1v) is 14.1. The first-order valence-electron chi connectivity index (χ1n) is 12.7. The van der Waals surface area contributed by atoms with Gasteiger partial charge in [0.1, 0.15) is 16.5 Å². The fraction of sp³-hybridized carbons (Fsp3) is 0.519. The van der Waals surface area contributed by atoms with Gasteiger partial charge in [0, 0.05) is 43.7 Å². The number of likely N-dealkylation sites (N-methyl/N-ethyl adjacent to an activating group) is 1. The molecule has 2 heterocycles. The molecule has 4 rings (SSSR count). The zero-order valence-electron chi connectivity index (χ0n) is 21.6. The minimum atomic E-state index is -3.90. The lowest BCUT2D eigenvalue weighted by molar-refractivity contribution is 0.0159. The van der Waals surface area contributed by atoms with Gasteiger partial charge in [-0.15, -0.1) is 0 Å². The summed E-state index contributed by atoms with van der Waals surface area (Å²) in [6.45, 7) is 6.04. The molecule has 2 aromatic rings. The molecular weight excluding hydrogens is 497 g/mol. The lowest BCUT2D eigenvalue weighted by Crippen LogP contribution is -2.51. The Hall–Kier alpha value is -2.53. The average molecular weight is 534 g/mol. The molecule has 0 aliphatic carbocycles. The maximum Gasteiger partial charge on any atom is 0.253 e. The maximum absolute atomic E-state index is 13.7. The van der Waals surface area contributed by atoms with Crippen LogP contribution in [-0.4, -0.2) is 81.7 Å². The molecule has 37 heavy (non-hydrogen) atoms. The number of hydrogen-bond donors (Lipinski definition) is 2. The second kappa shape index (κ2) is 11.1. The fourth-order valence-electron chi connectivity index (χ4n) is 5.13. The van der Waals surface area contributed by atoms with E-state index < -0.39 is 21.9 Å². The Morgan fingerprint density at radius 2 is 1.92 bits per heavy atom. The first-order chi connectivity index (χ1) is 17.5. The van der Waals surface area contributed by atoms with Crippen LogP contribution >= 0.6 is 0 Å². The van der Waals surface area contributed by atoms with E-state index in [1.807, 2.05) is 25.8 Å². The van der Waals surface area contributed by atoms with Crippen molar-refractivity contribution < 1.29 is 27.4 Å². The second-order valence-corrected chi connectivity index (χ2v) is 12.4. The molecule has 1 amide bonds. The summed E-state index contributed by atoms with van der Waals surface area (Å²) < 4.78 is 48.6. The van der Waals surface area contributed by atoms with Crippen molar-refractivity contribution in [2.75, 3.05) is 46.4 Å². The second-order valence-electron chi connectivity index (χ2n) is 10.7. The van der Waals surface area contributed by atoms with Gasteiger partial charge in [-0.2, -0.15) is 0 Å². The summed E-state index contributed by atoms with van der Waals surface area (Å²) in [4.78, 5) is 16.7. The van der Waals surface area contributed by atoms with Crippen molar-refractivity contribution in [1.29, 1.82) is 0 Å². The van der Waals surface area contributed by atoms with Gasteiger partial charge in [-0.25, -0.2) is 17.5 Å². The number of ether oxygens (including phenoxy) is 1. The molecule has 0 radical (unpaired) electrons. The number of carbonyl (C=O) groups excluding carboxylic acids is 1. The number of sulfonamides is 1. The minimum absolute atomic E-state index is 0.0481. The summed E-state index contributed by atoms with van der Waals surface area (Å²) in [6, 6.07) is 10.8. The van der Waals surface area contributed by atoms with E-state index in [0.717, 1.165) is 5.56 Å². The maximum atomic E-state index is 13.7. The summed E-state index contributed by atoms with van der Waals surface area (Å²) in [5.41, 5.74) is 0.913. The molecule has 0 saturated carbocycles. The monoisotopic (exact) mass is 533 g/mol. The van der Waals surface area contributed by atoms with Crippen LogP contribution in [0.5, 0.6) is 5.75 Å². The molecule has 0 aromatic heterocycles. The predicted molar refractivity (Wildman–Crippen MR) is 139 cm³/mol. The van der Waals surface area contributed by atoms with Crippen molar-refractivity contribution in [3.63, 3.8) is 0 Å². The van der Waals surface area contributed by atoms with Crippen LogP contribution in [0.25, 0.3) is 0 Å². The Balaban J connectivity index is 1.61. The third-order valence-corrected chi connectivity index (χ3v) is 8.74. The van der Waals surface area contributed by atoms with Crippen LogP contribution in [0.4, 0.5) is 4.39 Å². The lowest BCUT2D eigenvalue weighted by atomic mass is 9.78. The number of amides is 1. The van der Waals surface area contributed by atoms with E-state index in [1.165, 1.54) is 18.2 Å². The Morgan fingerprint density at radius 3 is 2.59 bits per heavy atom. The highest BCUT2D eigenvalue weighted by atomic mass is 32.2.